The van der Waals surface area contributed by atoms with E-state index >= 15 is 0 Å². The Morgan fingerprint density at radius 2 is 1.59 bits per heavy atom. The Balaban J connectivity index is 1.54. The van der Waals surface area contributed by atoms with Gasteiger partial charge in [0.2, 0.25) is 0 Å². The summed E-state index contributed by atoms with van der Waals surface area (Å²) >= 11 is 0. The van der Waals surface area contributed by atoms with Gasteiger partial charge in [-0.2, -0.15) is 5.26 Å². The molecule has 0 aliphatic heterocycles. The lowest BCUT2D eigenvalue weighted by Gasteiger charge is -2.31. The highest BCUT2D eigenvalue weighted by Gasteiger charge is 2.33. The molecule has 3 rings (SSSR count). The van der Waals surface area contributed by atoms with Crippen LogP contribution in [0.15, 0.2) is 54.6 Å². The molecule has 0 radical (unpaired) electrons. The molecule has 0 spiro atoms. The van der Waals surface area contributed by atoms with E-state index in [1.165, 1.54) is 0 Å². The van der Waals surface area contributed by atoms with Gasteiger partial charge in [-0.05, 0) is 36.1 Å². The lowest BCUT2D eigenvalue weighted by Crippen LogP contribution is -2.50. The molecule has 2 aromatic rings. The summed E-state index contributed by atoms with van der Waals surface area (Å²) in [7, 11) is 0. The smallest absolute Gasteiger partial charge is 0.338 e. The van der Waals surface area contributed by atoms with E-state index in [9.17, 15) is 14.9 Å². The number of nitrogens with zero attached hydrogens (tertiary/aromatic N) is 1. The van der Waals surface area contributed by atoms with Crippen molar-refractivity contribution < 1.29 is 14.3 Å². The maximum atomic E-state index is 12.2. The summed E-state index contributed by atoms with van der Waals surface area (Å²) in [6.45, 7) is -0.386. The minimum absolute atomic E-state index is 0.384. The van der Waals surface area contributed by atoms with Gasteiger partial charge in [-0.1, -0.05) is 61.7 Å². The zero-order chi connectivity index (χ0) is 19.1. The second kappa shape index (κ2) is 8.50. The summed E-state index contributed by atoms with van der Waals surface area (Å²) < 4.78 is 5.11. The predicted octanol–water partition coefficient (Wildman–Crippen LogP) is 3.85. The van der Waals surface area contributed by atoms with Crippen molar-refractivity contribution >= 4 is 11.9 Å². The SMILES string of the molecule is N#CC1(NC(=O)COC(=O)c2ccc(-c3ccccc3)cc2)CCCCC1. The Morgan fingerprint density at radius 3 is 2.22 bits per heavy atom. The standard InChI is InChI=1S/C22H22N2O3/c23-16-22(13-5-2-6-14-22)24-20(25)15-27-21(26)19-11-9-18(10-12-19)17-7-3-1-4-8-17/h1,3-4,7-12H,2,5-6,13-15H2,(H,24,25). The van der Waals surface area contributed by atoms with Crippen LogP contribution in [0.3, 0.4) is 0 Å². The first-order valence-corrected chi connectivity index (χ1v) is 9.17. The molecule has 0 bridgehead atoms. The van der Waals surface area contributed by atoms with Crippen LogP contribution < -0.4 is 5.32 Å². The van der Waals surface area contributed by atoms with Gasteiger partial charge in [-0.15, -0.1) is 0 Å². The number of nitrogens with one attached hydrogen (secondary N) is 1. The van der Waals surface area contributed by atoms with Crippen LogP contribution in [0, 0.1) is 11.3 Å². The van der Waals surface area contributed by atoms with Gasteiger partial charge in [0.05, 0.1) is 11.6 Å². The predicted molar refractivity (Wildman–Crippen MR) is 102 cm³/mol. The van der Waals surface area contributed by atoms with Crippen molar-refractivity contribution in [2.75, 3.05) is 6.61 Å². The number of amides is 1. The summed E-state index contributed by atoms with van der Waals surface area (Å²) in [4.78, 5) is 24.3. The number of nitriles is 1. The molecule has 1 N–H and O–H groups in total. The van der Waals surface area contributed by atoms with E-state index in [2.05, 4.69) is 11.4 Å². The topological polar surface area (TPSA) is 79.2 Å². The van der Waals surface area contributed by atoms with Crippen molar-refractivity contribution in [3.05, 3.63) is 60.2 Å². The molecule has 5 heteroatoms. The third-order valence-electron chi connectivity index (χ3n) is 4.86. The molecule has 0 unspecified atom stereocenters. The van der Waals surface area contributed by atoms with Crippen molar-refractivity contribution in [1.29, 1.82) is 5.26 Å². The van der Waals surface area contributed by atoms with Crippen LogP contribution in [0.25, 0.3) is 11.1 Å². The lowest BCUT2D eigenvalue weighted by atomic mass is 9.83. The van der Waals surface area contributed by atoms with Crippen LogP contribution in [0.4, 0.5) is 0 Å². The third kappa shape index (κ3) is 4.73. The lowest BCUT2D eigenvalue weighted by molar-refractivity contribution is -0.125. The number of rotatable bonds is 5. The number of hydrogen-bond acceptors (Lipinski definition) is 4. The molecular weight excluding hydrogens is 340 g/mol. The van der Waals surface area contributed by atoms with Gasteiger partial charge in [0.1, 0.15) is 5.54 Å². The number of benzene rings is 2. The van der Waals surface area contributed by atoms with Crippen LogP contribution in [-0.4, -0.2) is 24.0 Å². The number of carbonyl (C=O) groups excluding carboxylic acids is 2. The molecular formula is C22H22N2O3. The van der Waals surface area contributed by atoms with Crippen molar-refractivity contribution in [2.45, 2.75) is 37.6 Å². The van der Waals surface area contributed by atoms with Gasteiger partial charge >= 0.3 is 5.97 Å². The van der Waals surface area contributed by atoms with Crippen LogP contribution in [0.1, 0.15) is 42.5 Å². The minimum Gasteiger partial charge on any atom is -0.452 e. The number of esters is 1. The molecule has 0 saturated heterocycles. The monoisotopic (exact) mass is 362 g/mol. The highest BCUT2D eigenvalue weighted by molar-refractivity contribution is 5.92. The van der Waals surface area contributed by atoms with E-state index in [0.717, 1.165) is 30.4 Å². The summed E-state index contributed by atoms with van der Waals surface area (Å²) in [5.41, 5.74) is 1.62. The van der Waals surface area contributed by atoms with Crippen molar-refractivity contribution in [1.82, 2.24) is 5.32 Å². The molecule has 138 valence electrons. The van der Waals surface area contributed by atoms with Crippen LogP contribution in [-0.2, 0) is 9.53 Å². The molecule has 0 aromatic heterocycles. The fraction of sp³-hybridized carbons (Fsp3) is 0.318. The first-order chi connectivity index (χ1) is 13.1. The molecule has 0 heterocycles. The first kappa shape index (κ1) is 18.7. The second-order valence-electron chi connectivity index (χ2n) is 6.82. The third-order valence-corrected chi connectivity index (χ3v) is 4.86. The minimum atomic E-state index is -0.820. The average Bonchev–Trinajstić information content (AvgIpc) is 2.73. The summed E-state index contributed by atoms with van der Waals surface area (Å²) in [5, 5.41) is 12.1. The molecule has 0 atom stereocenters. The highest BCUT2D eigenvalue weighted by Crippen LogP contribution is 2.27. The van der Waals surface area contributed by atoms with E-state index in [0.29, 0.717) is 18.4 Å². The van der Waals surface area contributed by atoms with Gasteiger partial charge in [0.15, 0.2) is 6.61 Å². The largest absolute Gasteiger partial charge is 0.452 e. The average molecular weight is 362 g/mol. The number of carbonyl (C=O) groups is 2. The summed E-state index contributed by atoms with van der Waals surface area (Å²) in [6.07, 6.45) is 4.20. The van der Waals surface area contributed by atoms with Gasteiger partial charge in [-0.25, -0.2) is 4.79 Å². The van der Waals surface area contributed by atoms with E-state index in [4.69, 9.17) is 4.74 Å². The Labute approximate surface area is 159 Å². The van der Waals surface area contributed by atoms with Crippen LogP contribution in [0.5, 0.6) is 0 Å². The number of ether oxygens (including phenoxy) is 1. The van der Waals surface area contributed by atoms with Gasteiger partial charge in [0, 0.05) is 0 Å². The molecule has 1 aliphatic carbocycles. The zero-order valence-electron chi connectivity index (χ0n) is 15.1. The normalized spacial score (nSPS) is 15.4. The maximum Gasteiger partial charge on any atom is 0.338 e. The van der Waals surface area contributed by atoms with E-state index in [1.54, 1.807) is 12.1 Å². The summed E-state index contributed by atoms with van der Waals surface area (Å²) in [6, 6.07) is 19.1. The Morgan fingerprint density at radius 1 is 0.963 bits per heavy atom. The molecule has 1 aliphatic rings. The molecule has 27 heavy (non-hydrogen) atoms. The van der Waals surface area contributed by atoms with E-state index in [1.807, 2.05) is 42.5 Å². The Bertz CT molecular complexity index is 832. The molecule has 1 amide bonds. The first-order valence-electron chi connectivity index (χ1n) is 9.17. The Hall–Kier alpha value is -3.13. The summed E-state index contributed by atoms with van der Waals surface area (Å²) in [5.74, 6) is -0.993. The highest BCUT2D eigenvalue weighted by atomic mass is 16.5. The molecule has 1 fully saturated rings. The second-order valence-corrected chi connectivity index (χ2v) is 6.82. The molecule has 5 nitrogen and oxygen atoms in total. The van der Waals surface area contributed by atoms with E-state index < -0.39 is 17.4 Å². The van der Waals surface area contributed by atoms with Crippen LogP contribution in [0.2, 0.25) is 0 Å². The van der Waals surface area contributed by atoms with Gasteiger partial charge < -0.3 is 10.1 Å². The fourth-order valence-electron chi connectivity index (χ4n) is 3.37. The molecule has 1 saturated carbocycles. The van der Waals surface area contributed by atoms with Gasteiger partial charge in [0.25, 0.3) is 5.91 Å². The van der Waals surface area contributed by atoms with Crippen molar-refractivity contribution in [3.8, 4) is 17.2 Å². The van der Waals surface area contributed by atoms with Gasteiger partial charge in [-0.3, -0.25) is 4.79 Å². The van der Waals surface area contributed by atoms with Crippen molar-refractivity contribution in [2.24, 2.45) is 0 Å². The van der Waals surface area contributed by atoms with Crippen LogP contribution >= 0.6 is 0 Å². The molecule has 2 aromatic carbocycles. The quantitative estimate of drug-likeness (QED) is 0.819. The maximum absolute atomic E-state index is 12.2. The fourth-order valence-corrected chi connectivity index (χ4v) is 3.37. The van der Waals surface area contributed by atoms with E-state index in [-0.39, 0.29) is 6.61 Å². The van der Waals surface area contributed by atoms with Crippen molar-refractivity contribution in [3.63, 3.8) is 0 Å². The number of hydrogen-bond donors (Lipinski definition) is 1. The zero-order valence-corrected chi connectivity index (χ0v) is 15.1. The Kier molecular flexibility index (Phi) is 5.87.